The van der Waals surface area contributed by atoms with Crippen LogP contribution in [-0.4, -0.2) is 32.4 Å². The van der Waals surface area contributed by atoms with Gasteiger partial charge in [0.05, 0.1) is 17.1 Å². The number of nitrogen functional groups attached to an aromatic ring is 1. The number of nitrogens with one attached hydrogen (secondary N) is 1. The van der Waals surface area contributed by atoms with Gasteiger partial charge in [0.15, 0.2) is 9.84 Å². The number of hydrogen-bond donors (Lipinski definition) is 3. The number of benzene rings is 1. The fourth-order valence-electron chi connectivity index (χ4n) is 1.36. The first-order chi connectivity index (χ1) is 8.35. The molecule has 0 saturated carbocycles. The zero-order valence-corrected chi connectivity index (χ0v) is 11.0. The van der Waals surface area contributed by atoms with Crippen molar-refractivity contribution >= 4 is 27.1 Å². The zero-order valence-electron chi connectivity index (χ0n) is 10.1. The lowest BCUT2D eigenvalue weighted by Gasteiger charge is -2.10. The highest BCUT2D eigenvalue weighted by atomic mass is 32.2. The van der Waals surface area contributed by atoms with Crippen LogP contribution in [0.15, 0.2) is 18.2 Å². The maximum Gasteiger partial charge on any atom is 0.248 e. The molecule has 0 unspecified atom stereocenters. The Bertz CT molecular complexity index is 540. The molecule has 0 fully saturated rings. The monoisotopic (exact) mass is 271 g/mol. The molecule has 1 aromatic carbocycles. The molecule has 0 atom stereocenters. The standard InChI is InChI=1S/C11H17N3O3S/c1-2-18(16,17)6-5-14-10-4-3-8(11(13)15)7-9(10)12/h3-4,7,14H,2,5-6,12H2,1H3,(H2,13,15). The summed E-state index contributed by atoms with van der Waals surface area (Å²) in [6.07, 6.45) is 0. The van der Waals surface area contributed by atoms with E-state index in [1.807, 2.05) is 0 Å². The first-order valence-electron chi connectivity index (χ1n) is 5.49. The van der Waals surface area contributed by atoms with Crippen LogP contribution in [0.4, 0.5) is 11.4 Å². The summed E-state index contributed by atoms with van der Waals surface area (Å²) in [5.41, 5.74) is 12.1. The highest BCUT2D eigenvalue weighted by molar-refractivity contribution is 7.91. The first kappa shape index (κ1) is 14.3. The van der Waals surface area contributed by atoms with Crippen LogP contribution in [0.5, 0.6) is 0 Å². The van der Waals surface area contributed by atoms with E-state index in [0.717, 1.165) is 0 Å². The van der Waals surface area contributed by atoms with Gasteiger partial charge in [-0.1, -0.05) is 6.92 Å². The lowest BCUT2D eigenvalue weighted by molar-refractivity contribution is 0.100. The summed E-state index contributed by atoms with van der Waals surface area (Å²) in [7, 11) is -3.00. The van der Waals surface area contributed by atoms with Crippen LogP contribution in [-0.2, 0) is 9.84 Å². The van der Waals surface area contributed by atoms with Gasteiger partial charge in [-0.3, -0.25) is 4.79 Å². The Morgan fingerprint density at radius 3 is 2.56 bits per heavy atom. The van der Waals surface area contributed by atoms with E-state index in [-0.39, 0.29) is 18.1 Å². The summed E-state index contributed by atoms with van der Waals surface area (Å²) in [6, 6.07) is 4.60. The fraction of sp³-hybridized carbons (Fsp3) is 0.364. The number of sulfone groups is 1. The molecule has 7 heteroatoms. The molecule has 18 heavy (non-hydrogen) atoms. The smallest absolute Gasteiger partial charge is 0.248 e. The Morgan fingerprint density at radius 1 is 1.39 bits per heavy atom. The fourth-order valence-corrected chi connectivity index (χ4v) is 2.06. The molecule has 0 saturated heterocycles. The van der Waals surface area contributed by atoms with Gasteiger partial charge in [-0.15, -0.1) is 0 Å². The third-order valence-corrected chi connectivity index (χ3v) is 4.21. The molecule has 1 aromatic rings. The maximum atomic E-state index is 11.3. The van der Waals surface area contributed by atoms with Gasteiger partial charge < -0.3 is 16.8 Å². The molecule has 5 N–H and O–H groups in total. The average Bonchev–Trinajstić information content (AvgIpc) is 2.31. The van der Waals surface area contributed by atoms with Crippen LogP contribution < -0.4 is 16.8 Å². The molecular formula is C11H17N3O3S. The molecular weight excluding hydrogens is 254 g/mol. The number of anilines is 2. The first-order valence-corrected chi connectivity index (χ1v) is 7.31. The van der Waals surface area contributed by atoms with Crippen molar-refractivity contribution in [2.45, 2.75) is 6.92 Å². The number of nitrogens with two attached hydrogens (primary N) is 2. The van der Waals surface area contributed by atoms with Crippen LogP contribution in [0.25, 0.3) is 0 Å². The van der Waals surface area contributed by atoms with Crippen LogP contribution in [0.1, 0.15) is 17.3 Å². The predicted molar refractivity (Wildman–Crippen MR) is 72.2 cm³/mol. The summed E-state index contributed by atoms with van der Waals surface area (Å²) < 4.78 is 22.6. The van der Waals surface area contributed by atoms with Crippen LogP contribution in [0, 0.1) is 0 Å². The maximum absolute atomic E-state index is 11.3. The Kier molecular flexibility index (Phi) is 4.55. The summed E-state index contributed by atoms with van der Waals surface area (Å²) >= 11 is 0. The van der Waals surface area contributed by atoms with Gasteiger partial charge in [0.2, 0.25) is 5.91 Å². The Morgan fingerprint density at radius 2 is 2.06 bits per heavy atom. The van der Waals surface area contributed by atoms with Gasteiger partial charge >= 0.3 is 0 Å². The van der Waals surface area contributed by atoms with Gasteiger partial charge in [-0.25, -0.2) is 8.42 Å². The summed E-state index contributed by atoms with van der Waals surface area (Å²) in [6.45, 7) is 1.88. The van der Waals surface area contributed by atoms with Crippen molar-refractivity contribution in [2.75, 3.05) is 29.1 Å². The third-order valence-electron chi connectivity index (χ3n) is 2.50. The molecule has 0 aliphatic carbocycles. The molecule has 6 nitrogen and oxygen atoms in total. The molecule has 0 heterocycles. The lowest BCUT2D eigenvalue weighted by Crippen LogP contribution is -2.18. The number of carbonyl (C=O) groups is 1. The van der Waals surface area contributed by atoms with Gasteiger partial charge in [-0.05, 0) is 18.2 Å². The summed E-state index contributed by atoms with van der Waals surface area (Å²) in [4.78, 5) is 10.9. The summed E-state index contributed by atoms with van der Waals surface area (Å²) in [5.74, 6) is -0.396. The molecule has 1 amide bonds. The van der Waals surface area contributed by atoms with E-state index in [4.69, 9.17) is 11.5 Å². The quantitative estimate of drug-likeness (QED) is 0.640. The summed E-state index contributed by atoms with van der Waals surface area (Å²) in [5, 5.41) is 2.91. The molecule has 1 rings (SSSR count). The van der Waals surface area contributed by atoms with Gasteiger partial charge in [0.25, 0.3) is 0 Å². The number of amides is 1. The lowest BCUT2D eigenvalue weighted by atomic mass is 10.1. The molecule has 0 aliphatic rings. The van der Waals surface area contributed by atoms with Crippen molar-refractivity contribution < 1.29 is 13.2 Å². The van der Waals surface area contributed by atoms with Crippen LogP contribution in [0.3, 0.4) is 0 Å². The van der Waals surface area contributed by atoms with Crippen molar-refractivity contribution in [3.63, 3.8) is 0 Å². The molecule has 0 aliphatic heterocycles. The van der Waals surface area contributed by atoms with E-state index in [1.54, 1.807) is 13.0 Å². The van der Waals surface area contributed by atoms with Gasteiger partial charge in [0.1, 0.15) is 0 Å². The molecule has 0 radical (unpaired) electrons. The Balaban J connectivity index is 2.67. The highest BCUT2D eigenvalue weighted by Gasteiger charge is 2.08. The topological polar surface area (TPSA) is 115 Å². The van der Waals surface area contributed by atoms with Crippen molar-refractivity contribution in [3.05, 3.63) is 23.8 Å². The van der Waals surface area contributed by atoms with Crippen molar-refractivity contribution in [2.24, 2.45) is 5.73 Å². The number of primary amides is 1. The number of carbonyl (C=O) groups excluding carboxylic acids is 1. The zero-order chi connectivity index (χ0) is 13.8. The van der Waals surface area contributed by atoms with Crippen LogP contribution in [0.2, 0.25) is 0 Å². The minimum atomic E-state index is -3.00. The van der Waals surface area contributed by atoms with E-state index in [2.05, 4.69) is 5.32 Å². The second-order valence-corrected chi connectivity index (χ2v) is 6.30. The van der Waals surface area contributed by atoms with Gasteiger partial charge in [-0.2, -0.15) is 0 Å². The third kappa shape index (κ3) is 3.92. The van der Waals surface area contributed by atoms with E-state index >= 15 is 0 Å². The number of rotatable bonds is 6. The second kappa shape index (κ2) is 5.72. The normalized spacial score (nSPS) is 11.2. The predicted octanol–water partition coefficient (Wildman–Crippen LogP) is 0.214. The van der Waals surface area contributed by atoms with E-state index in [0.29, 0.717) is 16.9 Å². The van der Waals surface area contributed by atoms with E-state index in [9.17, 15) is 13.2 Å². The van der Waals surface area contributed by atoms with E-state index < -0.39 is 15.7 Å². The van der Waals surface area contributed by atoms with E-state index in [1.165, 1.54) is 12.1 Å². The second-order valence-electron chi connectivity index (χ2n) is 3.83. The SMILES string of the molecule is CCS(=O)(=O)CCNc1ccc(C(N)=O)cc1N. The largest absolute Gasteiger partial charge is 0.397 e. The highest BCUT2D eigenvalue weighted by Crippen LogP contribution is 2.19. The molecule has 0 bridgehead atoms. The number of hydrogen-bond acceptors (Lipinski definition) is 5. The Hall–Kier alpha value is -1.76. The minimum absolute atomic E-state index is 0.0422. The van der Waals surface area contributed by atoms with Crippen molar-refractivity contribution in [1.82, 2.24) is 0 Å². The van der Waals surface area contributed by atoms with Crippen molar-refractivity contribution in [1.29, 1.82) is 0 Å². The minimum Gasteiger partial charge on any atom is -0.397 e. The van der Waals surface area contributed by atoms with Gasteiger partial charge in [0, 0.05) is 17.9 Å². The molecule has 0 spiro atoms. The Labute approximate surface area is 106 Å². The molecule has 100 valence electrons. The average molecular weight is 271 g/mol. The van der Waals surface area contributed by atoms with Crippen LogP contribution >= 0.6 is 0 Å². The van der Waals surface area contributed by atoms with Crippen molar-refractivity contribution in [3.8, 4) is 0 Å². The molecule has 0 aromatic heterocycles.